The molecule has 3 aromatic rings. The zero-order chi connectivity index (χ0) is 19.8. The zero-order valence-electron chi connectivity index (χ0n) is 14.5. The Kier molecular flexibility index (Phi) is 5.27. The molecule has 0 aliphatic heterocycles. The SMILES string of the molecule is CSc1sc(C(=O)O)cc1S(=O)(=O)c1cnc(N)c(-c2ccccc2C)c1. The van der Waals surface area contributed by atoms with E-state index in [1.165, 1.54) is 30.1 Å². The number of hydrogen-bond acceptors (Lipinski definition) is 7. The molecular formula is C18H16N2O4S3. The van der Waals surface area contributed by atoms with Crippen LogP contribution in [0.2, 0.25) is 0 Å². The highest BCUT2D eigenvalue weighted by atomic mass is 32.2. The van der Waals surface area contributed by atoms with E-state index >= 15 is 0 Å². The molecule has 27 heavy (non-hydrogen) atoms. The van der Waals surface area contributed by atoms with Crippen molar-refractivity contribution in [2.75, 3.05) is 12.0 Å². The van der Waals surface area contributed by atoms with Crippen molar-refractivity contribution < 1.29 is 18.3 Å². The molecule has 9 heteroatoms. The molecular weight excluding hydrogens is 404 g/mol. The number of sulfone groups is 1. The van der Waals surface area contributed by atoms with E-state index in [9.17, 15) is 18.3 Å². The maximum Gasteiger partial charge on any atom is 0.345 e. The lowest BCUT2D eigenvalue weighted by Gasteiger charge is -2.11. The molecule has 0 saturated heterocycles. The number of nitrogen functional groups attached to an aromatic ring is 1. The van der Waals surface area contributed by atoms with Gasteiger partial charge in [-0.2, -0.15) is 0 Å². The van der Waals surface area contributed by atoms with Crippen LogP contribution in [-0.4, -0.2) is 30.7 Å². The van der Waals surface area contributed by atoms with E-state index < -0.39 is 15.8 Å². The second kappa shape index (κ2) is 7.34. The summed E-state index contributed by atoms with van der Waals surface area (Å²) >= 11 is 2.13. The maximum absolute atomic E-state index is 13.1. The van der Waals surface area contributed by atoms with Gasteiger partial charge in [0.25, 0.3) is 0 Å². The van der Waals surface area contributed by atoms with Crippen LogP contribution in [0.1, 0.15) is 15.2 Å². The monoisotopic (exact) mass is 420 g/mol. The Labute approximate surface area is 165 Å². The Morgan fingerprint density at radius 3 is 2.56 bits per heavy atom. The fraction of sp³-hybridized carbons (Fsp3) is 0.111. The molecule has 0 unspecified atom stereocenters. The molecule has 0 aliphatic rings. The van der Waals surface area contributed by atoms with Crippen molar-refractivity contribution >= 4 is 44.7 Å². The minimum atomic E-state index is -3.95. The Morgan fingerprint density at radius 1 is 1.22 bits per heavy atom. The first-order valence-electron chi connectivity index (χ1n) is 7.73. The first-order chi connectivity index (χ1) is 12.8. The van der Waals surface area contributed by atoms with Gasteiger partial charge in [0.1, 0.15) is 10.7 Å². The molecule has 0 atom stereocenters. The number of thioether (sulfide) groups is 1. The van der Waals surface area contributed by atoms with Crippen LogP contribution in [0.15, 0.2) is 56.6 Å². The van der Waals surface area contributed by atoms with Crippen LogP contribution in [-0.2, 0) is 9.84 Å². The summed E-state index contributed by atoms with van der Waals surface area (Å²) in [6.45, 7) is 1.90. The first kappa shape index (κ1) is 19.4. The Hall–Kier alpha value is -2.36. The quantitative estimate of drug-likeness (QED) is 0.601. The Balaban J connectivity index is 2.18. The number of aromatic nitrogens is 1. The Morgan fingerprint density at radius 2 is 1.93 bits per heavy atom. The van der Waals surface area contributed by atoms with Gasteiger partial charge in [0.05, 0.1) is 14.0 Å². The van der Waals surface area contributed by atoms with E-state index in [4.69, 9.17) is 5.73 Å². The zero-order valence-corrected chi connectivity index (χ0v) is 16.9. The number of carbonyl (C=O) groups is 1. The van der Waals surface area contributed by atoms with Gasteiger partial charge in [0.2, 0.25) is 9.84 Å². The molecule has 1 aromatic carbocycles. The molecule has 3 N–H and O–H groups in total. The molecule has 0 aliphatic carbocycles. The molecule has 0 saturated carbocycles. The fourth-order valence-corrected chi connectivity index (χ4v) is 6.42. The predicted octanol–water partition coefficient (Wildman–Crippen LogP) is 3.95. The number of carboxylic acid groups (broad SMARTS) is 1. The smallest absolute Gasteiger partial charge is 0.345 e. The van der Waals surface area contributed by atoms with Crippen molar-refractivity contribution in [2.24, 2.45) is 0 Å². The predicted molar refractivity (Wildman–Crippen MR) is 107 cm³/mol. The summed E-state index contributed by atoms with van der Waals surface area (Å²) in [6.07, 6.45) is 2.91. The number of hydrogen-bond donors (Lipinski definition) is 2. The molecule has 6 nitrogen and oxygen atoms in total. The summed E-state index contributed by atoms with van der Waals surface area (Å²) in [4.78, 5) is 15.2. The lowest BCUT2D eigenvalue weighted by molar-refractivity contribution is 0.0702. The lowest BCUT2D eigenvalue weighted by Crippen LogP contribution is -2.05. The third-order valence-corrected chi connectivity index (χ3v) is 8.25. The largest absolute Gasteiger partial charge is 0.477 e. The van der Waals surface area contributed by atoms with Crippen LogP contribution in [0.4, 0.5) is 5.82 Å². The third kappa shape index (κ3) is 3.58. The van der Waals surface area contributed by atoms with E-state index in [2.05, 4.69) is 4.98 Å². The summed E-state index contributed by atoms with van der Waals surface area (Å²) in [7, 11) is -3.95. The van der Waals surface area contributed by atoms with Gasteiger partial charge in [-0.15, -0.1) is 23.1 Å². The van der Waals surface area contributed by atoms with Crippen molar-refractivity contribution in [1.82, 2.24) is 4.98 Å². The van der Waals surface area contributed by atoms with Gasteiger partial charge in [-0.3, -0.25) is 0 Å². The molecule has 3 rings (SSSR count). The number of aryl methyl sites for hydroxylation is 1. The van der Waals surface area contributed by atoms with Crippen LogP contribution >= 0.6 is 23.1 Å². The average Bonchev–Trinajstić information content (AvgIpc) is 3.08. The van der Waals surface area contributed by atoms with Crippen molar-refractivity contribution in [2.45, 2.75) is 20.9 Å². The second-order valence-electron chi connectivity index (χ2n) is 5.69. The van der Waals surface area contributed by atoms with Crippen molar-refractivity contribution in [3.05, 3.63) is 53.0 Å². The Bertz CT molecular complexity index is 1140. The fourth-order valence-electron chi connectivity index (χ4n) is 2.61. The summed E-state index contributed by atoms with van der Waals surface area (Å²) in [5.41, 5.74) is 8.24. The number of rotatable bonds is 5. The van der Waals surface area contributed by atoms with Gasteiger partial charge in [-0.1, -0.05) is 24.3 Å². The van der Waals surface area contributed by atoms with E-state index in [-0.39, 0.29) is 20.5 Å². The topological polar surface area (TPSA) is 110 Å². The van der Waals surface area contributed by atoms with Crippen molar-refractivity contribution in [1.29, 1.82) is 0 Å². The maximum atomic E-state index is 13.1. The molecule has 0 bridgehead atoms. The molecule has 0 fully saturated rings. The number of benzene rings is 1. The highest BCUT2D eigenvalue weighted by Crippen LogP contribution is 2.38. The van der Waals surface area contributed by atoms with Gasteiger partial charge in [0, 0.05) is 11.8 Å². The normalized spacial score (nSPS) is 11.5. The third-order valence-electron chi connectivity index (χ3n) is 3.99. The van der Waals surface area contributed by atoms with E-state index in [1.807, 2.05) is 31.2 Å². The summed E-state index contributed by atoms with van der Waals surface area (Å²) in [5.74, 6) is -0.933. The number of carboxylic acids is 1. The van der Waals surface area contributed by atoms with Crippen LogP contribution in [0.5, 0.6) is 0 Å². The number of nitrogens with two attached hydrogens (primary N) is 1. The molecule has 2 heterocycles. The van der Waals surface area contributed by atoms with E-state index in [0.717, 1.165) is 22.5 Å². The van der Waals surface area contributed by atoms with Gasteiger partial charge < -0.3 is 10.8 Å². The van der Waals surface area contributed by atoms with Crippen molar-refractivity contribution in [3.8, 4) is 11.1 Å². The summed E-state index contributed by atoms with van der Waals surface area (Å²) in [6, 6.07) is 10.2. The van der Waals surface area contributed by atoms with Gasteiger partial charge >= 0.3 is 5.97 Å². The highest BCUT2D eigenvalue weighted by molar-refractivity contribution is 8.01. The van der Waals surface area contributed by atoms with Gasteiger partial charge in [-0.25, -0.2) is 18.2 Å². The van der Waals surface area contributed by atoms with Crippen LogP contribution in [0.25, 0.3) is 11.1 Å². The summed E-state index contributed by atoms with van der Waals surface area (Å²) < 4.78 is 26.7. The molecule has 2 aromatic heterocycles. The molecule has 0 spiro atoms. The number of anilines is 1. The molecule has 0 radical (unpaired) electrons. The highest BCUT2D eigenvalue weighted by Gasteiger charge is 2.27. The number of thiophene rings is 1. The van der Waals surface area contributed by atoms with E-state index in [1.54, 1.807) is 6.26 Å². The molecule has 140 valence electrons. The van der Waals surface area contributed by atoms with Crippen LogP contribution in [0.3, 0.4) is 0 Å². The second-order valence-corrected chi connectivity index (χ2v) is 9.74. The standard InChI is InChI=1S/C18H16N2O4S3/c1-10-5-3-4-6-12(10)13-7-11(9-20-16(13)19)27(23,24)15-8-14(17(21)22)26-18(15)25-2/h3-9H,1-2H3,(H2,19,20)(H,21,22). The van der Waals surface area contributed by atoms with Gasteiger partial charge in [0.15, 0.2) is 0 Å². The van der Waals surface area contributed by atoms with E-state index in [0.29, 0.717) is 9.77 Å². The number of aromatic carboxylic acids is 1. The average molecular weight is 421 g/mol. The number of nitrogens with zero attached hydrogens (tertiary/aromatic N) is 1. The minimum Gasteiger partial charge on any atom is -0.477 e. The first-order valence-corrected chi connectivity index (χ1v) is 11.3. The van der Waals surface area contributed by atoms with Crippen molar-refractivity contribution in [3.63, 3.8) is 0 Å². The van der Waals surface area contributed by atoms with Gasteiger partial charge in [-0.05, 0) is 36.4 Å². The lowest BCUT2D eigenvalue weighted by atomic mass is 10.0. The molecule has 0 amide bonds. The summed E-state index contributed by atoms with van der Waals surface area (Å²) in [5, 5.41) is 9.19. The number of pyridine rings is 1. The van der Waals surface area contributed by atoms with Crippen LogP contribution in [0, 0.1) is 6.92 Å². The minimum absolute atomic E-state index is 0.0274. The van der Waals surface area contributed by atoms with Crippen LogP contribution < -0.4 is 5.73 Å².